The highest BCUT2D eigenvalue weighted by molar-refractivity contribution is 5.97. The molecule has 5 nitrogen and oxygen atoms in total. The van der Waals surface area contributed by atoms with E-state index in [1.54, 1.807) is 0 Å². The van der Waals surface area contributed by atoms with Gasteiger partial charge in [-0.1, -0.05) is 92.3 Å². The predicted molar refractivity (Wildman–Crippen MR) is 164 cm³/mol. The van der Waals surface area contributed by atoms with Crippen molar-refractivity contribution in [3.63, 3.8) is 0 Å². The van der Waals surface area contributed by atoms with Gasteiger partial charge in [-0.25, -0.2) is 0 Å². The Morgan fingerprint density at radius 1 is 1.05 bits per heavy atom. The Morgan fingerprint density at radius 3 is 2.50 bits per heavy atom. The fourth-order valence-corrected chi connectivity index (χ4v) is 6.13. The highest BCUT2D eigenvalue weighted by Crippen LogP contribution is 2.40. The van der Waals surface area contributed by atoms with Crippen LogP contribution in [-0.4, -0.2) is 24.1 Å². The zero-order chi connectivity index (χ0) is 28.8. The third kappa shape index (κ3) is 10.2. The Morgan fingerprint density at radius 2 is 1.82 bits per heavy atom. The Balaban J connectivity index is 1.89. The minimum absolute atomic E-state index is 0.0387. The number of benzene rings is 1. The molecule has 1 unspecified atom stereocenters. The molecule has 0 saturated heterocycles. The van der Waals surface area contributed by atoms with Crippen molar-refractivity contribution in [2.45, 2.75) is 116 Å². The second-order valence-corrected chi connectivity index (χ2v) is 12.0. The minimum Gasteiger partial charge on any atom is -0.368 e. The molecule has 3 N–H and O–H groups in total. The molecule has 1 aromatic carbocycles. The molecular formula is C35H50N2O3. The summed E-state index contributed by atoms with van der Waals surface area (Å²) in [5.74, 6) is 0.00782. The van der Waals surface area contributed by atoms with Crippen molar-refractivity contribution >= 4 is 17.6 Å². The van der Waals surface area contributed by atoms with Crippen LogP contribution in [0.3, 0.4) is 0 Å². The van der Waals surface area contributed by atoms with Crippen LogP contribution in [0, 0.1) is 5.92 Å². The first kappa shape index (κ1) is 31.6. The maximum atomic E-state index is 13.5. The van der Waals surface area contributed by atoms with E-state index in [2.05, 4.69) is 67.7 Å². The van der Waals surface area contributed by atoms with Crippen molar-refractivity contribution < 1.29 is 14.4 Å². The second-order valence-electron chi connectivity index (χ2n) is 12.0. The molecule has 0 bridgehead atoms. The maximum absolute atomic E-state index is 13.5. The number of hydrogen-bond donors (Lipinski definition) is 2. The van der Waals surface area contributed by atoms with E-state index in [-0.39, 0.29) is 30.1 Å². The first-order valence-electron chi connectivity index (χ1n) is 15.5. The summed E-state index contributed by atoms with van der Waals surface area (Å²) in [6.45, 7) is 4.36. The predicted octanol–water partition coefficient (Wildman–Crippen LogP) is 7.41. The van der Waals surface area contributed by atoms with E-state index in [9.17, 15) is 14.4 Å². The molecule has 3 rings (SSSR count). The molecule has 2 aliphatic carbocycles. The van der Waals surface area contributed by atoms with Gasteiger partial charge in [0.05, 0.1) is 6.54 Å². The van der Waals surface area contributed by atoms with Crippen LogP contribution in [0.5, 0.6) is 0 Å². The molecule has 0 aromatic heterocycles. The van der Waals surface area contributed by atoms with Gasteiger partial charge in [-0.3, -0.25) is 14.4 Å². The smallest absolute Gasteiger partial charge is 0.236 e. The van der Waals surface area contributed by atoms with Gasteiger partial charge in [0.25, 0.3) is 0 Å². The quantitative estimate of drug-likeness (QED) is 0.268. The maximum Gasteiger partial charge on any atom is 0.236 e. The Hall–Kier alpha value is -2.95. The van der Waals surface area contributed by atoms with Crippen LogP contribution in [0.4, 0.5) is 0 Å². The first-order valence-corrected chi connectivity index (χ1v) is 15.5. The van der Waals surface area contributed by atoms with Crippen LogP contribution < -0.4 is 11.1 Å². The number of hydrogen-bond acceptors (Lipinski definition) is 3. The van der Waals surface area contributed by atoms with E-state index in [1.165, 1.54) is 48.8 Å². The molecule has 0 spiro atoms. The number of Topliss-reactive ketones (excluding diaryl/α,β-unsaturated/α-hetero) is 1. The van der Waals surface area contributed by atoms with Crippen molar-refractivity contribution in [2.75, 3.05) is 6.54 Å². The number of unbranched alkanes of at least 4 members (excludes halogenated alkanes) is 1. The lowest BCUT2D eigenvalue weighted by molar-refractivity contribution is -0.124. The summed E-state index contributed by atoms with van der Waals surface area (Å²) >= 11 is 0. The molecule has 218 valence electrons. The Labute approximate surface area is 241 Å². The summed E-state index contributed by atoms with van der Waals surface area (Å²) in [5, 5.41) is 2.55. The fraction of sp³-hybridized carbons (Fsp3) is 0.571. The number of nitrogens with one attached hydrogen (secondary N) is 1. The summed E-state index contributed by atoms with van der Waals surface area (Å²) in [7, 11) is 0. The van der Waals surface area contributed by atoms with E-state index < -0.39 is 5.91 Å². The lowest BCUT2D eigenvalue weighted by Gasteiger charge is -2.33. The minimum atomic E-state index is -0.568. The molecule has 40 heavy (non-hydrogen) atoms. The molecule has 5 heteroatoms. The molecule has 0 heterocycles. The largest absolute Gasteiger partial charge is 0.368 e. The van der Waals surface area contributed by atoms with Gasteiger partial charge in [-0.2, -0.15) is 0 Å². The van der Waals surface area contributed by atoms with Crippen molar-refractivity contribution in [3.8, 4) is 0 Å². The topological polar surface area (TPSA) is 89.3 Å². The Bertz CT molecular complexity index is 1080. The van der Waals surface area contributed by atoms with E-state index in [1.807, 2.05) is 0 Å². The van der Waals surface area contributed by atoms with E-state index >= 15 is 0 Å². The second kappa shape index (κ2) is 16.3. The molecular weight excluding hydrogens is 496 g/mol. The van der Waals surface area contributed by atoms with Crippen molar-refractivity contribution in [1.82, 2.24) is 5.32 Å². The van der Waals surface area contributed by atoms with Gasteiger partial charge in [-0.05, 0) is 81.8 Å². The molecule has 1 saturated carbocycles. The van der Waals surface area contributed by atoms with Crippen molar-refractivity contribution in [3.05, 3.63) is 70.8 Å². The molecule has 2 aliphatic rings. The van der Waals surface area contributed by atoms with Crippen molar-refractivity contribution in [2.24, 2.45) is 11.7 Å². The summed E-state index contributed by atoms with van der Waals surface area (Å²) in [6, 6.07) is 11.0. The number of rotatable bonds is 12. The molecule has 2 amide bonds. The van der Waals surface area contributed by atoms with Gasteiger partial charge in [0.15, 0.2) is 5.78 Å². The van der Waals surface area contributed by atoms with Gasteiger partial charge < -0.3 is 11.1 Å². The van der Waals surface area contributed by atoms with Gasteiger partial charge in [0.1, 0.15) is 0 Å². The molecule has 1 fully saturated rings. The number of allylic oxidation sites excluding steroid dienone is 6. The fourth-order valence-electron chi connectivity index (χ4n) is 6.13. The van der Waals surface area contributed by atoms with Gasteiger partial charge in [-0.15, -0.1) is 0 Å². The lowest BCUT2D eigenvalue weighted by Crippen LogP contribution is -2.33. The highest BCUT2D eigenvalue weighted by Gasteiger charge is 2.30. The summed E-state index contributed by atoms with van der Waals surface area (Å²) in [6.07, 6.45) is 21.1. The molecule has 1 atom stereocenters. The molecule has 0 aliphatic heterocycles. The SMILES string of the molecule is CCCC/C(C)=C/C1(c2ccccc2)CC/C=C(\CC2CCC2)CC(=O)/C(CCC(=O)NCC(N)=O)=C\CCC1. The Kier molecular flexibility index (Phi) is 12.9. The van der Waals surface area contributed by atoms with Crippen LogP contribution in [0.15, 0.2) is 65.3 Å². The average molecular weight is 547 g/mol. The standard InChI is InChI=1S/C35H50N2O3/c1-3-4-12-27(2)25-35(31-17-6-5-7-18-31)21-9-8-16-30(19-20-34(40)37-26-33(36)39)32(38)24-29(15-11-22-35)23-28-13-10-14-28/h5-7,15-18,25,28H,3-4,8-14,19-24,26H2,1-2H3,(H2,36,39)(H,37,40)/b27-25+,29-15+,30-16-. The van der Waals surface area contributed by atoms with E-state index in [4.69, 9.17) is 5.73 Å². The van der Waals surface area contributed by atoms with Crippen LogP contribution in [-0.2, 0) is 19.8 Å². The number of ketones is 1. The zero-order valence-corrected chi connectivity index (χ0v) is 24.8. The summed E-state index contributed by atoms with van der Waals surface area (Å²) in [5.41, 5.74) is 9.96. The summed E-state index contributed by atoms with van der Waals surface area (Å²) < 4.78 is 0. The van der Waals surface area contributed by atoms with Gasteiger partial charge >= 0.3 is 0 Å². The highest BCUT2D eigenvalue weighted by atomic mass is 16.2. The number of primary amides is 1. The zero-order valence-electron chi connectivity index (χ0n) is 24.8. The normalized spacial score (nSPS) is 23.9. The van der Waals surface area contributed by atoms with Crippen LogP contribution in [0.1, 0.15) is 116 Å². The number of carbonyl (C=O) groups is 3. The third-order valence-corrected chi connectivity index (χ3v) is 8.64. The third-order valence-electron chi connectivity index (χ3n) is 8.64. The van der Waals surface area contributed by atoms with E-state index in [0.29, 0.717) is 18.8 Å². The monoisotopic (exact) mass is 546 g/mol. The molecule has 1 aromatic rings. The first-order chi connectivity index (χ1) is 19.3. The van der Waals surface area contributed by atoms with Crippen LogP contribution in [0.2, 0.25) is 0 Å². The van der Waals surface area contributed by atoms with Gasteiger partial charge in [0.2, 0.25) is 11.8 Å². The average Bonchev–Trinajstić information content (AvgIpc) is 2.91. The van der Waals surface area contributed by atoms with Crippen molar-refractivity contribution in [1.29, 1.82) is 0 Å². The summed E-state index contributed by atoms with van der Waals surface area (Å²) in [4.78, 5) is 36.8. The van der Waals surface area contributed by atoms with Crippen LogP contribution >= 0.6 is 0 Å². The number of nitrogens with two attached hydrogens (primary N) is 1. The van der Waals surface area contributed by atoms with Crippen LogP contribution in [0.25, 0.3) is 0 Å². The van der Waals surface area contributed by atoms with Gasteiger partial charge in [0, 0.05) is 18.3 Å². The number of amides is 2. The molecule has 0 radical (unpaired) electrons. The lowest BCUT2D eigenvalue weighted by atomic mass is 9.71. The van der Waals surface area contributed by atoms with E-state index in [0.717, 1.165) is 50.5 Å². The number of carbonyl (C=O) groups excluding carboxylic acids is 3.